The van der Waals surface area contributed by atoms with Crippen molar-refractivity contribution in [1.29, 1.82) is 0 Å². The molecule has 0 aromatic heterocycles. The maximum absolute atomic E-state index is 11.0. The number of Topliss-reactive ketones (excluding diaryl/α,β-unsaturated/α-hetero) is 1. The monoisotopic (exact) mass is 238 g/mol. The van der Waals surface area contributed by atoms with Gasteiger partial charge in [0.2, 0.25) is 0 Å². The Hall–Kier alpha value is -1.88. The number of ether oxygens (including phenoxy) is 1. The molecule has 0 saturated heterocycles. The third-order valence-corrected chi connectivity index (χ3v) is 2.28. The lowest BCUT2D eigenvalue weighted by molar-refractivity contribution is -0.147. The van der Waals surface area contributed by atoms with Crippen LogP contribution in [0.25, 0.3) is 0 Å². The van der Waals surface area contributed by atoms with E-state index in [2.05, 4.69) is 0 Å². The number of carbonyl (C=O) groups excluding carboxylic acids is 1. The van der Waals surface area contributed by atoms with Crippen molar-refractivity contribution in [2.45, 2.75) is 19.4 Å². The number of methoxy groups -OCH3 is 1. The maximum atomic E-state index is 11.0. The fraction of sp³-hybridized carbons (Fsp3) is 0.333. The fourth-order valence-electron chi connectivity index (χ4n) is 1.51. The quantitative estimate of drug-likeness (QED) is 0.797. The third-order valence-electron chi connectivity index (χ3n) is 2.28. The third kappa shape index (κ3) is 3.29. The van der Waals surface area contributed by atoms with Crippen molar-refractivity contribution in [2.75, 3.05) is 7.11 Å². The number of carbonyl (C=O) groups is 2. The lowest BCUT2D eigenvalue weighted by atomic mass is 10.0. The van der Waals surface area contributed by atoms with Gasteiger partial charge in [0.05, 0.1) is 7.11 Å². The highest BCUT2D eigenvalue weighted by atomic mass is 16.5. The van der Waals surface area contributed by atoms with Crippen molar-refractivity contribution >= 4 is 11.8 Å². The molecule has 0 aliphatic heterocycles. The number of hydrogen-bond acceptors (Lipinski definition) is 4. The molecule has 0 aliphatic carbocycles. The van der Waals surface area contributed by atoms with Crippen molar-refractivity contribution in [3.05, 3.63) is 29.3 Å². The van der Waals surface area contributed by atoms with Crippen LogP contribution >= 0.6 is 0 Å². The summed E-state index contributed by atoms with van der Waals surface area (Å²) in [5.41, 5.74) is 0.892. The first-order valence-electron chi connectivity index (χ1n) is 5.02. The summed E-state index contributed by atoms with van der Waals surface area (Å²) < 4.78 is 5.00. The van der Waals surface area contributed by atoms with E-state index in [1.54, 1.807) is 12.1 Å². The van der Waals surface area contributed by atoms with E-state index in [-0.39, 0.29) is 23.5 Å². The van der Waals surface area contributed by atoms with Gasteiger partial charge in [-0.05, 0) is 18.6 Å². The molecule has 0 bridgehead atoms. The minimum atomic E-state index is -1.63. The van der Waals surface area contributed by atoms with Crippen LogP contribution < -0.4 is 4.74 Å². The molecule has 2 N–H and O–H groups in total. The molecule has 0 spiro atoms. The minimum Gasteiger partial charge on any atom is -0.496 e. The number of carboxylic acids is 1. The number of ketones is 1. The molecular formula is C12H14O5. The van der Waals surface area contributed by atoms with Gasteiger partial charge in [-0.1, -0.05) is 12.1 Å². The molecule has 1 aromatic rings. The van der Waals surface area contributed by atoms with Crippen LogP contribution in [-0.2, 0) is 16.0 Å². The zero-order valence-electron chi connectivity index (χ0n) is 9.64. The highest BCUT2D eigenvalue weighted by Gasteiger charge is 2.20. The van der Waals surface area contributed by atoms with Gasteiger partial charge in [0.1, 0.15) is 11.5 Å². The Labute approximate surface area is 98.6 Å². The van der Waals surface area contributed by atoms with E-state index < -0.39 is 12.1 Å². The van der Waals surface area contributed by atoms with Gasteiger partial charge in [-0.2, -0.15) is 0 Å². The number of aliphatic hydroxyl groups excluding tert-OH is 1. The average molecular weight is 238 g/mol. The van der Waals surface area contributed by atoms with Crippen LogP contribution in [0.1, 0.15) is 24.2 Å². The van der Waals surface area contributed by atoms with E-state index in [1.165, 1.54) is 20.1 Å². The van der Waals surface area contributed by atoms with E-state index in [4.69, 9.17) is 9.84 Å². The first-order chi connectivity index (χ1) is 7.95. The number of rotatable bonds is 5. The lowest BCUT2D eigenvalue weighted by Gasteiger charge is -2.12. The number of aliphatic carboxylic acids is 1. The number of carboxylic acid groups (broad SMARTS) is 1. The molecular weight excluding hydrogens is 224 g/mol. The normalized spacial score (nSPS) is 11.9. The summed E-state index contributed by atoms with van der Waals surface area (Å²) in [6.07, 6.45) is -1.38. The van der Waals surface area contributed by atoms with Crippen LogP contribution in [0, 0.1) is 0 Å². The second kappa shape index (κ2) is 5.45. The van der Waals surface area contributed by atoms with Crippen LogP contribution in [-0.4, -0.2) is 29.1 Å². The summed E-state index contributed by atoms with van der Waals surface area (Å²) in [4.78, 5) is 21.6. The molecule has 0 saturated carbocycles. The summed E-state index contributed by atoms with van der Waals surface area (Å²) in [5, 5.41) is 18.1. The molecule has 1 rings (SSSR count). The van der Waals surface area contributed by atoms with Gasteiger partial charge in [0.15, 0.2) is 6.10 Å². The lowest BCUT2D eigenvalue weighted by Crippen LogP contribution is -2.12. The smallest absolute Gasteiger partial charge is 0.337 e. The summed E-state index contributed by atoms with van der Waals surface area (Å²) in [6, 6.07) is 4.62. The number of aliphatic hydroxyl groups is 1. The molecule has 5 nitrogen and oxygen atoms in total. The predicted octanol–water partition coefficient (Wildman–Crippen LogP) is 0.945. The van der Waals surface area contributed by atoms with Crippen LogP contribution in [0.5, 0.6) is 5.75 Å². The summed E-state index contributed by atoms with van der Waals surface area (Å²) >= 11 is 0. The van der Waals surface area contributed by atoms with Gasteiger partial charge in [0, 0.05) is 12.0 Å². The molecule has 92 valence electrons. The Morgan fingerprint density at radius 3 is 2.53 bits per heavy atom. The maximum Gasteiger partial charge on any atom is 0.337 e. The van der Waals surface area contributed by atoms with Crippen LogP contribution in [0.2, 0.25) is 0 Å². The van der Waals surface area contributed by atoms with E-state index in [9.17, 15) is 14.7 Å². The molecule has 0 aliphatic rings. The first-order valence-corrected chi connectivity index (χ1v) is 5.02. The zero-order chi connectivity index (χ0) is 13.0. The van der Waals surface area contributed by atoms with E-state index >= 15 is 0 Å². The number of benzene rings is 1. The zero-order valence-corrected chi connectivity index (χ0v) is 9.64. The molecule has 0 fully saturated rings. The number of hydrogen-bond donors (Lipinski definition) is 2. The molecule has 0 amide bonds. The highest BCUT2D eigenvalue weighted by Crippen LogP contribution is 2.26. The van der Waals surface area contributed by atoms with Gasteiger partial charge < -0.3 is 14.9 Å². The first kappa shape index (κ1) is 13.2. The van der Waals surface area contributed by atoms with E-state index in [0.717, 1.165) is 5.56 Å². The summed E-state index contributed by atoms with van der Waals surface area (Å²) in [7, 11) is 1.38. The van der Waals surface area contributed by atoms with E-state index in [0.29, 0.717) is 0 Å². The van der Waals surface area contributed by atoms with Crippen LogP contribution in [0.4, 0.5) is 0 Å². The minimum absolute atomic E-state index is 0.00131. The molecule has 1 atom stereocenters. The molecule has 1 unspecified atom stereocenters. The van der Waals surface area contributed by atoms with Gasteiger partial charge in [0.25, 0.3) is 0 Å². The van der Waals surface area contributed by atoms with Gasteiger partial charge in [-0.3, -0.25) is 4.79 Å². The second-order valence-electron chi connectivity index (χ2n) is 3.70. The van der Waals surface area contributed by atoms with Gasteiger partial charge >= 0.3 is 5.97 Å². The molecule has 0 heterocycles. The fourth-order valence-corrected chi connectivity index (χ4v) is 1.51. The van der Waals surface area contributed by atoms with Crippen molar-refractivity contribution in [3.63, 3.8) is 0 Å². The molecule has 0 radical (unpaired) electrons. The topological polar surface area (TPSA) is 83.8 Å². The SMILES string of the molecule is COc1cc(CC(C)=O)ccc1C(O)C(=O)O. The Morgan fingerprint density at radius 2 is 2.06 bits per heavy atom. The Morgan fingerprint density at radius 1 is 1.41 bits per heavy atom. The standard InChI is InChI=1S/C12H14O5/c1-7(13)5-8-3-4-9(10(6-8)17-2)11(14)12(15)16/h3-4,6,11,14H,5H2,1-2H3,(H,15,16). The summed E-state index contributed by atoms with van der Waals surface area (Å²) in [5.74, 6) is -1.08. The molecule has 17 heavy (non-hydrogen) atoms. The molecule has 5 heteroatoms. The average Bonchev–Trinajstić information content (AvgIpc) is 2.27. The van der Waals surface area contributed by atoms with Crippen molar-refractivity contribution in [1.82, 2.24) is 0 Å². The van der Waals surface area contributed by atoms with Crippen molar-refractivity contribution < 1.29 is 24.5 Å². The van der Waals surface area contributed by atoms with Crippen LogP contribution in [0.3, 0.4) is 0 Å². The highest BCUT2D eigenvalue weighted by molar-refractivity contribution is 5.79. The Kier molecular flexibility index (Phi) is 4.23. The predicted molar refractivity (Wildman–Crippen MR) is 60.0 cm³/mol. The van der Waals surface area contributed by atoms with Crippen molar-refractivity contribution in [2.24, 2.45) is 0 Å². The Bertz CT molecular complexity index is 439. The van der Waals surface area contributed by atoms with Crippen LogP contribution in [0.15, 0.2) is 18.2 Å². The molecule has 1 aromatic carbocycles. The Balaban J connectivity index is 3.09. The van der Waals surface area contributed by atoms with Gasteiger partial charge in [-0.25, -0.2) is 4.79 Å². The second-order valence-corrected chi connectivity index (χ2v) is 3.70. The summed E-state index contributed by atoms with van der Waals surface area (Å²) in [6.45, 7) is 1.46. The largest absolute Gasteiger partial charge is 0.496 e. The van der Waals surface area contributed by atoms with Gasteiger partial charge in [-0.15, -0.1) is 0 Å². The van der Waals surface area contributed by atoms with Crippen molar-refractivity contribution in [3.8, 4) is 5.75 Å². The van der Waals surface area contributed by atoms with E-state index in [1.807, 2.05) is 0 Å².